The van der Waals surface area contributed by atoms with E-state index in [9.17, 15) is 0 Å². The van der Waals surface area contributed by atoms with Gasteiger partial charge in [-0.1, -0.05) is 35.3 Å². The Bertz CT molecular complexity index is 812. The second kappa shape index (κ2) is 6.19. The van der Waals surface area contributed by atoms with E-state index in [0.717, 1.165) is 16.9 Å². The maximum absolute atomic E-state index is 6.14. The minimum Gasteiger partial charge on any atom is -0.484 e. The Morgan fingerprint density at radius 2 is 1.91 bits per heavy atom. The van der Waals surface area contributed by atoms with E-state index >= 15 is 0 Å². The molecule has 0 unspecified atom stereocenters. The molecule has 0 bridgehead atoms. The lowest BCUT2D eigenvalue weighted by molar-refractivity contribution is 0.287. The fourth-order valence-corrected chi connectivity index (χ4v) is 2.97. The van der Waals surface area contributed by atoms with Crippen molar-refractivity contribution in [2.45, 2.75) is 26.5 Å². The summed E-state index contributed by atoms with van der Waals surface area (Å²) < 4.78 is 8.00. The van der Waals surface area contributed by atoms with E-state index < -0.39 is 0 Å². The molecule has 3 nitrogen and oxygen atoms in total. The summed E-state index contributed by atoms with van der Waals surface area (Å²) in [5.41, 5.74) is 2.08. The molecule has 0 aliphatic carbocycles. The molecule has 22 heavy (non-hydrogen) atoms. The van der Waals surface area contributed by atoms with Crippen LogP contribution in [0.2, 0.25) is 10.0 Å². The van der Waals surface area contributed by atoms with Crippen LogP contribution in [-0.4, -0.2) is 9.55 Å². The Kier molecular flexibility index (Phi) is 4.27. The molecule has 3 aromatic rings. The Morgan fingerprint density at radius 3 is 2.64 bits per heavy atom. The van der Waals surface area contributed by atoms with Crippen LogP contribution in [0.15, 0.2) is 42.5 Å². The molecule has 0 spiro atoms. The predicted octanol–water partition coefficient (Wildman–Crippen LogP) is 5.50. The number of aromatic nitrogens is 2. The van der Waals surface area contributed by atoms with E-state index in [0.29, 0.717) is 28.4 Å². The zero-order valence-corrected chi connectivity index (χ0v) is 13.9. The molecule has 0 N–H and O–H groups in total. The fourth-order valence-electron chi connectivity index (χ4n) is 2.51. The molecule has 0 atom stereocenters. The summed E-state index contributed by atoms with van der Waals surface area (Å²) in [4.78, 5) is 4.67. The van der Waals surface area contributed by atoms with Crippen molar-refractivity contribution in [3.05, 3.63) is 58.3 Å². The van der Waals surface area contributed by atoms with Crippen molar-refractivity contribution in [2.75, 3.05) is 0 Å². The van der Waals surface area contributed by atoms with E-state index in [4.69, 9.17) is 27.9 Å². The predicted molar refractivity (Wildman–Crippen MR) is 90.9 cm³/mol. The quantitative estimate of drug-likeness (QED) is 0.629. The van der Waals surface area contributed by atoms with E-state index in [1.54, 1.807) is 18.2 Å². The Labute approximate surface area is 139 Å². The summed E-state index contributed by atoms with van der Waals surface area (Å²) in [6.07, 6.45) is 0. The lowest BCUT2D eigenvalue weighted by atomic mass is 10.3. The maximum Gasteiger partial charge on any atom is 0.148 e. The molecule has 0 amide bonds. The second-order valence-corrected chi connectivity index (χ2v) is 6.19. The zero-order chi connectivity index (χ0) is 15.7. The molecular formula is C17H16Cl2N2O. The van der Waals surface area contributed by atoms with Gasteiger partial charge in [-0.05, 0) is 44.2 Å². The van der Waals surface area contributed by atoms with Gasteiger partial charge < -0.3 is 9.30 Å². The van der Waals surface area contributed by atoms with Gasteiger partial charge in [0.2, 0.25) is 0 Å². The van der Waals surface area contributed by atoms with Crippen LogP contribution in [0.4, 0.5) is 0 Å². The van der Waals surface area contributed by atoms with E-state index in [1.165, 1.54) is 0 Å². The number of rotatable bonds is 4. The van der Waals surface area contributed by atoms with Crippen LogP contribution in [0.25, 0.3) is 11.0 Å². The lowest BCUT2D eigenvalue weighted by Gasteiger charge is -2.14. The molecule has 0 aliphatic rings. The van der Waals surface area contributed by atoms with Gasteiger partial charge in [-0.2, -0.15) is 0 Å². The van der Waals surface area contributed by atoms with Gasteiger partial charge in [0, 0.05) is 11.1 Å². The minimum atomic E-state index is 0.298. The third-order valence-corrected chi connectivity index (χ3v) is 3.97. The van der Waals surface area contributed by atoms with Crippen molar-refractivity contribution < 1.29 is 4.74 Å². The number of benzene rings is 2. The average molecular weight is 335 g/mol. The highest BCUT2D eigenvalue weighted by atomic mass is 35.5. The van der Waals surface area contributed by atoms with Gasteiger partial charge in [-0.25, -0.2) is 4.98 Å². The molecule has 0 saturated carbocycles. The molecule has 5 heteroatoms. The topological polar surface area (TPSA) is 27.1 Å². The zero-order valence-electron chi connectivity index (χ0n) is 12.4. The van der Waals surface area contributed by atoms with Crippen molar-refractivity contribution >= 4 is 34.2 Å². The summed E-state index contributed by atoms with van der Waals surface area (Å²) in [6.45, 7) is 4.62. The second-order valence-electron chi connectivity index (χ2n) is 5.34. The Balaban J connectivity index is 1.92. The summed E-state index contributed by atoms with van der Waals surface area (Å²) >= 11 is 12.0. The van der Waals surface area contributed by atoms with Gasteiger partial charge in [0.25, 0.3) is 0 Å². The normalized spacial score (nSPS) is 11.3. The third kappa shape index (κ3) is 2.92. The highest BCUT2D eigenvalue weighted by Gasteiger charge is 2.14. The lowest BCUT2D eigenvalue weighted by Crippen LogP contribution is -2.09. The first kappa shape index (κ1) is 15.2. The molecule has 1 heterocycles. The van der Waals surface area contributed by atoms with Crippen LogP contribution in [0.3, 0.4) is 0 Å². The smallest absolute Gasteiger partial charge is 0.148 e. The molecule has 0 radical (unpaired) electrons. The van der Waals surface area contributed by atoms with E-state index in [1.807, 2.05) is 18.2 Å². The molecule has 0 saturated heterocycles. The number of hydrogen-bond donors (Lipinski definition) is 0. The Hall–Kier alpha value is -1.71. The van der Waals surface area contributed by atoms with Gasteiger partial charge in [0.05, 0.1) is 16.1 Å². The highest BCUT2D eigenvalue weighted by molar-refractivity contribution is 6.35. The van der Waals surface area contributed by atoms with Crippen molar-refractivity contribution in [3.63, 3.8) is 0 Å². The molecular weight excluding hydrogens is 319 g/mol. The Morgan fingerprint density at radius 1 is 1.14 bits per heavy atom. The number of nitrogens with zero attached hydrogens (tertiary/aromatic N) is 2. The van der Waals surface area contributed by atoms with Gasteiger partial charge >= 0.3 is 0 Å². The summed E-state index contributed by atoms with van der Waals surface area (Å²) in [5.74, 6) is 1.48. The van der Waals surface area contributed by atoms with Gasteiger partial charge in [-0.3, -0.25) is 0 Å². The maximum atomic E-state index is 6.14. The first-order valence-corrected chi connectivity index (χ1v) is 7.85. The van der Waals surface area contributed by atoms with Crippen LogP contribution >= 0.6 is 23.2 Å². The number of imidazole rings is 1. The highest BCUT2D eigenvalue weighted by Crippen LogP contribution is 2.29. The molecule has 0 fully saturated rings. The van der Waals surface area contributed by atoms with Crippen LogP contribution in [0, 0.1) is 0 Å². The fraction of sp³-hybridized carbons (Fsp3) is 0.235. The largest absolute Gasteiger partial charge is 0.484 e. The minimum absolute atomic E-state index is 0.298. The molecule has 114 valence electrons. The van der Waals surface area contributed by atoms with Gasteiger partial charge in [-0.15, -0.1) is 0 Å². The summed E-state index contributed by atoms with van der Waals surface area (Å²) in [5, 5.41) is 1.09. The first-order valence-electron chi connectivity index (χ1n) is 7.10. The van der Waals surface area contributed by atoms with Crippen LogP contribution < -0.4 is 4.74 Å². The van der Waals surface area contributed by atoms with E-state index in [-0.39, 0.29) is 0 Å². The van der Waals surface area contributed by atoms with Crippen LogP contribution in [-0.2, 0) is 6.61 Å². The van der Waals surface area contributed by atoms with Crippen LogP contribution in [0.5, 0.6) is 5.75 Å². The number of fused-ring (bicyclic) bond motifs is 1. The van der Waals surface area contributed by atoms with Crippen molar-refractivity contribution in [2.24, 2.45) is 0 Å². The standard InChI is InChI=1S/C17H16Cl2N2O/c1-11(2)21-15-6-4-3-5-14(15)20-17(21)10-22-16-8-7-12(18)9-13(16)19/h3-9,11H,10H2,1-2H3. The molecule has 3 rings (SSSR count). The summed E-state index contributed by atoms with van der Waals surface area (Å²) in [7, 11) is 0. The average Bonchev–Trinajstić information content (AvgIpc) is 2.84. The monoisotopic (exact) mass is 334 g/mol. The number of hydrogen-bond acceptors (Lipinski definition) is 2. The number of para-hydroxylation sites is 2. The van der Waals surface area contributed by atoms with Crippen molar-refractivity contribution in [1.29, 1.82) is 0 Å². The SMILES string of the molecule is CC(C)n1c(COc2ccc(Cl)cc2Cl)nc2ccccc21. The number of ether oxygens (including phenoxy) is 1. The van der Waals surface area contributed by atoms with Gasteiger partial charge in [0.1, 0.15) is 18.2 Å². The van der Waals surface area contributed by atoms with Crippen LogP contribution in [0.1, 0.15) is 25.7 Å². The third-order valence-electron chi connectivity index (χ3n) is 3.44. The summed E-state index contributed by atoms with van der Waals surface area (Å²) in [6, 6.07) is 13.6. The molecule has 1 aromatic heterocycles. The van der Waals surface area contributed by atoms with Gasteiger partial charge in [0.15, 0.2) is 0 Å². The molecule has 2 aromatic carbocycles. The van der Waals surface area contributed by atoms with E-state index in [2.05, 4.69) is 29.5 Å². The molecule has 0 aliphatic heterocycles. The number of halogens is 2. The van der Waals surface area contributed by atoms with Crippen molar-refractivity contribution in [1.82, 2.24) is 9.55 Å². The van der Waals surface area contributed by atoms with Crippen molar-refractivity contribution in [3.8, 4) is 5.75 Å². The first-order chi connectivity index (χ1) is 10.6.